The van der Waals surface area contributed by atoms with Gasteiger partial charge in [0.1, 0.15) is 11.8 Å². The van der Waals surface area contributed by atoms with Crippen molar-refractivity contribution in [2.45, 2.75) is 63.8 Å². The third-order valence-electron chi connectivity index (χ3n) is 7.63. The van der Waals surface area contributed by atoms with E-state index in [1.165, 1.54) is 6.42 Å². The number of methoxy groups -OCH3 is 1. The van der Waals surface area contributed by atoms with Crippen molar-refractivity contribution in [3.63, 3.8) is 0 Å². The van der Waals surface area contributed by atoms with Gasteiger partial charge in [0.25, 0.3) is 0 Å². The van der Waals surface area contributed by atoms with Crippen molar-refractivity contribution in [1.29, 1.82) is 0 Å². The highest BCUT2D eigenvalue weighted by Crippen LogP contribution is 2.32. The van der Waals surface area contributed by atoms with Gasteiger partial charge in [-0.15, -0.1) is 0 Å². The monoisotopic (exact) mass is 496 g/mol. The predicted molar refractivity (Wildman–Crippen MR) is 135 cm³/mol. The zero-order valence-corrected chi connectivity index (χ0v) is 20.8. The maximum absolute atomic E-state index is 13.4. The van der Waals surface area contributed by atoms with Crippen LogP contribution in [0, 0.1) is 17.8 Å². The number of nitrogens with two attached hydrogens (primary N) is 1. The van der Waals surface area contributed by atoms with E-state index in [-0.39, 0.29) is 36.4 Å². The second kappa shape index (κ2) is 11.6. The van der Waals surface area contributed by atoms with Gasteiger partial charge in [-0.3, -0.25) is 19.2 Å². The Labute approximate surface area is 210 Å². The molecule has 0 bridgehead atoms. The molecule has 36 heavy (non-hydrogen) atoms. The molecule has 4 rings (SSSR count). The Kier molecular flexibility index (Phi) is 8.28. The summed E-state index contributed by atoms with van der Waals surface area (Å²) < 4.78 is 5.40. The zero-order valence-electron chi connectivity index (χ0n) is 20.8. The van der Waals surface area contributed by atoms with E-state index in [4.69, 9.17) is 10.5 Å². The zero-order chi connectivity index (χ0) is 25.7. The van der Waals surface area contributed by atoms with Crippen LogP contribution in [-0.4, -0.2) is 48.2 Å². The van der Waals surface area contributed by atoms with E-state index in [0.29, 0.717) is 36.7 Å². The lowest BCUT2D eigenvalue weighted by atomic mass is 9.80. The highest BCUT2D eigenvalue weighted by molar-refractivity contribution is 6.02. The van der Waals surface area contributed by atoms with Crippen LogP contribution >= 0.6 is 0 Å². The molecule has 9 nitrogen and oxygen atoms in total. The number of Topliss-reactive ketones (excluding diaryl/α,β-unsaturated/α-hetero) is 1. The van der Waals surface area contributed by atoms with E-state index in [2.05, 4.69) is 15.6 Å². The Balaban J connectivity index is 1.50. The van der Waals surface area contributed by atoms with Crippen LogP contribution in [0.25, 0.3) is 10.9 Å². The molecule has 5 N–H and O–H groups in total. The molecular formula is C27H36N4O5. The number of ketones is 1. The lowest BCUT2D eigenvalue weighted by Gasteiger charge is -2.27. The summed E-state index contributed by atoms with van der Waals surface area (Å²) in [4.78, 5) is 54.0. The molecule has 0 radical (unpaired) electrons. The van der Waals surface area contributed by atoms with E-state index >= 15 is 0 Å². The summed E-state index contributed by atoms with van der Waals surface area (Å²) >= 11 is 0. The number of ether oxygens (including phenoxy) is 1. The minimum absolute atomic E-state index is 0.0207. The molecule has 3 amide bonds. The maximum Gasteiger partial charge on any atom is 0.240 e. The molecule has 9 heteroatoms. The number of fused-ring (bicyclic) bond motifs is 1. The first-order valence-electron chi connectivity index (χ1n) is 12.9. The summed E-state index contributed by atoms with van der Waals surface area (Å²) in [5.74, 6) is -1.25. The fourth-order valence-electron chi connectivity index (χ4n) is 5.59. The Hall–Kier alpha value is -3.36. The van der Waals surface area contributed by atoms with E-state index in [1.807, 2.05) is 18.2 Å². The van der Waals surface area contributed by atoms with Gasteiger partial charge in [0.05, 0.1) is 12.8 Å². The molecule has 2 aromatic rings. The molecule has 1 saturated heterocycles. The van der Waals surface area contributed by atoms with Crippen LogP contribution in [0.4, 0.5) is 0 Å². The molecule has 2 aliphatic rings. The van der Waals surface area contributed by atoms with Crippen molar-refractivity contribution in [3.8, 4) is 5.75 Å². The van der Waals surface area contributed by atoms with Crippen LogP contribution in [0.1, 0.15) is 68.3 Å². The molecule has 194 valence electrons. The molecule has 0 unspecified atom stereocenters. The van der Waals surface area contributed by atoms with Gasteiger partial charge in [-0.25, -0.2) is 0 Å². The van der Waals surface area contributed by atoms with E-state index < -0.39 is 17.9 Å². The number of hydrogen-bond acceptors (Lipinski definition) is 5. The summed E-state index contributed by atoms with van der Waals surface area (Å²) in [6.45, 7) is 0.553. The second-order valence-electron chi connectivity index (χ2n) is 10.1. The molecule has 0 spiro atoms. The van der Waals surface area contributed by atoms with Crippen molar-refractivity contribution in [3.05, 3.63) is 30.0 Å². The quantitative estimate of drug-likeness (QED) is 0.354. The van der Waals surface area contributed by atoms with Gasteiger partial charge in [0.15, 0.2) is 5.78 Å². The average molecular weight is 497 g/mol. The molecule has 1 aliphatic heterocycles. The minimum atomic E-state index is -0.951. The topological polar surface area (TPSA) is 143 Å². The molecule has 2 heterocycles. The molecule has 1 saturated carbocycles. The summed E-state index contributed by atoms with van der Waals surface area (Å²) in [6, 6.07) is 6.36. The Morgan fingerprint density at radius 1 is 1.14 bits per heavy atom. The fourth-order valence-corrected chi connectivity index (χ4v) is 5.59. The molecule has 1 aromatic heterocycles. The van der Waals surface area contributed by atoms with Crippen LogP contribution in [0.15, 0.2) is 24.3 Å². The highest BCUT2D eigenvalue weighted by atomic mass is 16.5. The smallest absolute Gasteiger partial charge is 0.240 e. The van der Waals surface area contributed by atoms with Gasteiger partial charge in [-0.2, -0.15) is 0 Å². The largest absolute Gasteiger partial charge is 0.496 e. The Morgan fingerprint density at radius 3 is 2.58 bits per heavy atom. The maximum atomic E-state index is 13.4. The van der Waals surface area contributed by atoms with Crippen LogP contribution in [0.2, 0.25) is 0 Å². The van der Waals surface area contributed by atoms with Crippen molar-refractivity contribution < 1.29 is 23.9 Å². The third-order valence-corrected chi connectivity index (χ3v) is 7.63. The van der Waals surface area contributed by atoms with Gasteiger partial charge in [-0.05, 0) is 43.4 Å². The lowest BCUT2D eigenvalue weighted by molar-refractivity contribution is -0.131. The van der Waals surface area contributed by atoms with Gasteiger partial charge in [-0.1, -0.05) is 38.2 Å². The van der Waals surface area contributed by atoms with Gasteiger partial charge in [0.2, 0.25) is 17.7 Å². The van der Waals surface area contributed by atoms with Crippen molar-refractivity contribution in [2.24, 2.45) is 23.5 Å². The second-order valence-corrected chi connectivity index (χ2v) is 10.1. The molecule has 1 aliphatic carbocycles. The normalized spacial score (nSPS) is 20.0. The lowest BCUT2D eigenvalue weighted by Crippen LogP contribution is -2.48. The predicted octanol–water partition coefficient (Wildman–Crippen LogP) is 2.83. The van der Waals surface area contributed by atoms with Crippen molar-refractivity contribution in [1.82, 2.24) is 15.6 Å². The number of hydrogen-bond donors (Lipinski definition) is 4. The number of benzene rings is 1. The number of carbonyl (C=O) groups excluding carboxylic acids is 4. The minimum Gasteiger partial charge on any atom is -0.496 e. The van der Waals surface area contributed by atoms with Crippen molar-refractivity contribution in [2.75, 3.05) is 13.7 Å². The summed E-state index contributed by atoms with van der Waals surface area (Å²) in [5.41, 5.74) is 6.79. The van der Waals surface area contributed by atoms with E-state index in [1.54, 1.807) is 13.2 Å². The summed E-state index contributed by atoms with van der Waals surface area (Å²) in [5, 5.41) is 6.33. The fraction of sp³-hybridized carbons (Fsp3) is 0.556. The van der Waals surface area contributed by atoms with Gasteiger partial charge in [0, 0.05) is 35.7 Å². The first kappa shape index (κ1) is 25.7. The third kappa shape index (κ3) is 6.06. The standard InChI is InChI=1S/C27H36N4O5/c1-36-24-9-5-8-20-19(24)15-21(30-20)23(32)14-18(12-16-6-3-2-4-7-16)27(35)31-22(25(28)33)13-17-10-11-29-26(17)34/h5,8-9,15-18,22,30H,2-4,6-7,10-14H2,1H3,(H2,28,33)(H,29,34)(H,31,35)/t17-,18+,22-/m0/s1. The first-order chi connectivity index (χ1) is 17.4. The number of aromatic nitrogens is 1. The van der Waals surface area contributed by atoms with Crippen LogP contribution in [0.5, 0.6) is 5.75 Å². The summed E-state index contributed by atoms with van der Waals surface area (Å²) in [7, 11) is 1.58. The molecule has 3 atom stereocenters. The highest BCUT2D eigenvalue weighted by Gasteiger charge is 2.33. The summed E-state index contributed by atoms with van der Waals surface area (Å²) in [6.07, 6.45) is 6.86. The van der Waals surface area contributed by atoms with Crippen LogP contribution < -0.4 is 21.1 Å². The Bertz CT molecular complexity index is 1120. The number of carbonyl (C=O) groups is 4. The molecule has 1 aromatic carbocycles. The molecule has 2 fully saturated rings. The van der Waals surface area contributed by atoms with E-state index in [9.17, 15) is 19.2 Å². The van der Waals surface area contributed by atoms with Gasteiger partial charge >= 0.3 is 0 Å². The van der Waals surface area contributed by atoms with E-state index in [0.717, 1.165) is 36.6 Å². The van der Waals surface area contributed by atoms with Crippen LogP contribution in [-0.2, 0) is 14.4 Å². The number of H-pyrrole nitrogens is 1. The number of nitrogens with one attached hydrogen (secondary N) is 3. The number of primary amides is 1. The Morgan fingerprint density at radius 2 is 1.92 bits per heavy atom. The number of aromatic amines is 1. The average Bonchev–Trinajstić information content (AvgIpc) is 3.49. The number of amides is 3. The SMILES string of the molecule is COc1cccc2[nH]c(C(=O)C[C@@H](CC3CCCCC3)C(=O)N[C@@H](C[C@@H]3CCNC3=O)C(N)=O)cc12. The molecular weight excluding hydrogens is 460 g/mol. The first-order valence-corrected chi connectivity index (χ1v) is 12.9. The van der Waals surface area contributed by atoms with Crippen LogP contribution in [0.3, 0.4) is 0 Å². The van der Waals surface area contributed by atoms with Crippen molar-refractivity contribution >= 4 is 34.4 Å². The number of rotatable bonds is 11. The van der Waals surface area contributed by atoms with Gasteiger partial charge < -0.3 is 26.1 Å².